The number of ether oxygens (including phenoxy) is 1. The topological polar surface area (TPSA) is 43.4 Å². The molecule has 1 aromatic carbocycles. The summed E-state index contributed by atoms with van der Waals surface area (Å²) in [6.07, 6.45) is 0. The Morgan fingerprint density at radius 2 is 2.00 bits per heavy atom. The lowest BCUT2D eigenvalue weighted by Crippen LogP contribution is -2.11. The van der Waals surface area contributed by atoms with Crippen LogP contribution in [0.5, 0.6) is 5.75 Å². The zero-order chi connectivity index (χ0) is 14.7. The van der Waals surface area contributed by atoms with Crippen LogP contribution < -0.4 is 4.74 Å². The molecule has 0 fully saturated rings. The number of halogens is 2. The summed E-state index contributed by atoms with van der Waals surface area (Å²) in [5, 5.41) is 0. The second-order valence-corrected chi connectivity index (χ2v) is 7.78. The predicted molar refractivity (Wildman–Crippen MR) is 86.0 cm³/mol. The molecule has 104 valence electrons. The maximum atomic E-state index is 12.0. The van der Waals surface area contributed by atoms with Gasteiger partial charge in [-0.05, 0) is 57.0 Å². The van der Waals surface area contributed by atoms with Crippen LogP contribution in [0.25, 0.3) is 0 Å². The smallest absolute Gasteiger partial charge is 0.202 e. The van der Waals surface area contributed by atoms with E-state index in [0.717, 1.165) is 7.57 Å². The lowest BCUT2D eigenvalue weighted by atomic mass is 10.1. The minimum absolute atomic E-state index is 0.0358. The van der Waals surface area contributed by atoms with Crippen LogP contribution in [0, 0.1) is 0 Å². The predicted octanol–water partition coefficient (Wildman–Crippen LogP) is 4.74. The molecule has 1 aromatic heterocycles. The summed E-state index contributed by atoms with van der Waals surface area (Å²) in [4.78, 5) is 23.3. The zero-order valence-corrected chi connectivity index (χ0v) is 14.5. The fourth-order valence-electron chi connectivity index (χ4n) is 1.56. The first kappa shape index (κ1) is 15.4. The van der Waals surface area contributed by atoms with Gasteiger partial charge in [0, 0.05) is 11.1 Å². The van der Waals surface area contributed by atoms with Crippen LogP contribution >= 0.6 is 43.2 Å². The number of benzene rings is 1. The van der Waals surface area contributed by atoms with Crippen molar-refractivity contribution in [1.29, 1.82) is 0 Å². The summed E-state index contributed by atoms with van der Waals surface area (Å²) in [5.41, 5.74) is 1.15. The zero-order valence-electron chi connectivity index (χ0n) is 10.5. The third-order valence-electron chi connectivity index (χ3n) is 2.57. The Morgan fingerprint density at radius 3 is 2.60 bits per heavy atom. The average Bonchev–Trinajstić information content (AvgIpc) is 2.75. The minimum atomic E-state index is -0.118. The van der Waals surface area contributed by atoms with E-state index >= 15 is 0 Å². The summed E-state index contributed by atoms with van der Waals surface area (Å²) < 4.78 is 7.10. The molecule has 0 saturated heterocycles. The molecule has 6 heteroatoms. The number of hydrogen-bond acceptors (Lipinski definition) is 4. The number of carbonyl (C=O) groups excluding carboxylic acids is 2. The molecular formula is C14H10Br2O3S. The van der Waals surface area contributed by atoms with Crippen molar-refractivity contribution < 1.29 is 14.3 Å². The van der Waals surface area contributed by atoms with Crippen LogP contribution in [0.3, 0.4) is 0 Å². The molecule has 2 aromatic rings. The van der Waals surface area contributed by atoms with Gasteiger partial charge in [-0.2, -0.15) is 0 Å². The van der Waals surface area contributed by atoms with Crippen molar-refractivity contribution in [2.45, 2.75) is 6.92 Å². The van der Waals surface area contributed by atoms with Gasteiger partial charge in [0.05, 0.1) is 7.57 Å². The Morgan fingerprint density at radius 1 is 1.25 bits per heavy atom. The lowest BCUT2D eigenvalue weighted by molar-refractivity contribution is 0.0921. The highest BCUT2D eigenvalue weighted by Gasteiger charge is 2.14. The van der Waals surface area contributed by atoms with Gasteiger partial charge in [-0.25, -0.2) is 0 Å². The van der Waals surface area contributed by atoms with Crippen molar-refractivity contribution in [3.05, 3.63) is 49.0 Å². The fourth-order valence-corrected chi connectivity index (χ4v) is 4.42. The van der Waals surface area contributed by atoms with Gasteiger partial charge in [0.2, 0.25) is 5.78 Å². The van der Waals surface area contributed by atoms with E-state index in [2.05, 4.69) is 31.9 Å². The molecule has 2 rings (SSSR count). The maximum absolute atomic E-state index is 12.0. The number of thiophene rings is 1. The van der Waals surface area contributed by atoms with E-state index in [4.69, 9.17) is 4.74 Å². The summed E-state index contributed by atoms with van der Waals surface area (Å²) >= 11 is 8.11. The van der Waals surface area contributed by atoms with E-state index in [9.17, 15) is 9.59 Å². The van der Waals surface area contributed by atoms with Gasteiger partial charge in [0.25, 0.3) is 0 Å². The van der Waals surface area contributed by atoms with Crippen molar-refractivity contribution in [1.82, 2.24) is 0 Å². The van der Waals surface area contributed by atoms with Crippen LogP contribution in [0.4, 0.5) is 0 Å². The first-order chi connectivity index (χ1) is 9.47. The highest BCUT2D eigenvalue weighted by molar-refractivity contribution is 9.12. The quantitative estimate of drug-likeness (QED) is 0.660. The van der Waals surface area contributed by atoms with Crippen LogP contribution in [-0.2, 0) is 0 Å². The van der Waals surface area contributed by atoms with Crippen LogP contribution in [-0.4, -0.2) is 18.2 Å². The second-order valence-electron chi connectivity index (χ2n) is 4.03. The lowest BCUT2D eigenvalue weighted by Gasteiger charge is -2.06. The number of carbonyl (C=O) groups is 2. The molecular weight excluding hydrogens is 408 g/mol. The normalized spacial score (nSPS) is 10.3. The first-order valence-electron chi connectivity index (χ1n) is 5.69. The molecule has 0 bridgehead atoms. The molecule has 0 saturated carbocycles. The fraction of sp³-hybridized carbons (Fsp3) is 0.143. The third-order valence-corrected chi connectivity index (χ3v) is 4.91. The molecule has 0 radical (unpaired) electrons. The van der Waals surface area contributed by atoms with Gasteiger partial charge in [0.15, 0.2) is 12.4 Å². The number of rotatable bonds is 5. The minimum Gasteiger partial charge on any atom is -0.485 e. The first-order valence-corrected chi connectivity index (χ1v) is 8.09. The molecule has 0 aliphatic heterocycles. The van der Waals surface area contributed by atoms with Gasteiger partial charge in [-0.3, -0.25) is 9.59 Å². The van der Waals surface area contributed by atoms with Gasteiger partial charge in [0.1, 0.15) is 5.75 Å². The summed E-state index contributed by atoms with van der Waals surface area (Å²) in [7, 11) is 0. The maximum Gasteiger partial charge on any atom is 0.202 e. The van der Waals surface area contributed by atoms with Crippen LogP contribution in [0.15, 0.2) is 37.9 Å². The Balaban J connectivity index is 2.05. The highest BCUT2D eigenvalue weighted by Crippen LogP contribution is 2.32. The Bertz CT molecular complexity index is 664. The third kappa shape index (κ3) is 3.77. The largest absolute Gasteiger partial charge is 0.485 e. The van der Waals surface area contributed by atoms with E-state index in [1.54, 1.807) is 30.3 Å². The molecule has 0 spiro atoms. The molecule has 0 unspecified atom stereocenters. The monoisotopic (exact) mass is 416 g/mol. The van der Waals surface area contributed by atoms with E-state index in [1.807, 2.05) is 0 Å². The van der Waals surface area contributed by atoms with E-state index in [0.29, 0.717) is 16.9 Å². The summed E-state index contributed by atoms with van der Waals surface area (Å²) in [6, 6.07) is 8.55. The highest BCUT2D eigenvalue weighted by atomic mass is 79.9. The molecule has 20 heavy (non-hydrogen) atoms. The molecule has 0 aliphatic rings. The Labute approximate surface area is 137 Å². The van der Waals surface area contributed by atoms with E-state index < -0.39 is 0 Å². The van der Waals surface area contributed by atoms with E-state index in [-0.39, 0.29) is 18.2 Å². The molecule has 0 aliphatic carbocycles. The number of hydrogen-bond donors (Lipinski definition) is 0. The van der Waals surface area contributed by atoms with Crippen molar-refractivity contribution in [2.24, 2.45) is 0 Å². The van der Waals surface area contributed by atoms with Crippen molar-refractivity contribution in [3.8, 4) is 5.75 Å². The van der Waals surface area contributed by atoms with Gasteiger partial charge < -0.3 is 4.74 Å². The van der Waals surface area contributed by atoms with Gasteiger partial charge >= 0.3 is 0 Å². The standard InChI is InChI=1S/C14H10Br2O3S/c1-8(17)9-3-2-4-10(5-9)19-7-12(18)11-6-13(15)20-14(11)16/h2-6H,7H2,1H3. The number of ketones is 2. The second kappa shape index (κ2) is 6.65. The van der Waals surface area contributed by atoms with Crippen LogP contribution in [0.2, 0.25) is 0 Å². The molecule has 0 N–H and O–H groups in total. The van der Waals surface area contributed by atoms with Crippen LogP contribution in [0.1, 0.15) is 27.6 Å². The molecule has 0 atom stereocenters. The SMILES string of the molecule is CC(=O)c1cccc(OCC(=O)c2cc(Br)sc2Br)c1. The molecule has 1 heterocycles. The Kier molecular flexibility index (Phi) is 5.12. The van der Waals surface area contributed by atoms with Crippen molar-refractivity contribution in [2.75, 3.05) is 6.61 Å². The summed E-state index contributed by atoms with van der Waals surface area (Å²) in [5.74, 6) is 0.356. The van der Waals surface area contributed by atoms with Gasteiger partial charge in [-0.1, -0.05) is 12.1 Å². The van der Waals surface area contributed by atoms with Gasteiger partial charge in [-0.15, -0.1) is 11.3 Å². The average molecular weight is 418 g/mol. The molecule has 0 amide bonds. The van der Waals surface area contributed by atoms with Crippen molar-refractivity contribution >= 4 is 54.8 Å². The van der Waals surface area contributed by atoms with E-state index in [1.165, 1.54) is 18.3 Å². The van der Waals surface area contributed by atoms with Crippen molar-refractivity contribution in [3.63, 3.8) is 0 Å². The molecule has 3 nitrogen and oxygen atoms in total. The summed E-state index contributed by atoms with van der Waals surface area (Å²) in [6.45, 7) is 1.42. The Hall–Kier alpha value is -0.980. The number of Topliss-reactive ketones (excluding diaryl/α,β-unsaturated/α-hetero) is 2.